The van der Waals surface area contributed by atoms with Crippen molar-refractivity contribution in [2.45, 2.75) is 6.04 Å². The van der Waals surface area contributed by atoms with Crippen molar-refractivity contribution in [2.24, 2.45) is 0 Å². The molecular formula is C6H10N2OS2. The van der Waals surface area contributed by atoms with E-state index >= 15 is 0 Å². The summed E-state index contributed by atoms with van der Waals surface area (Å²) in [7, 11) is 0. The van der Waals surface area contributed by atoms with E-state index in [4.69, 9.17) is 0 Å². The molecule has 1 heterocycles. The monoisotopic (exact) mass is 190 g/mol. The van der Waals surface area contributed by atoms with Gasteiger partial charge in [-0.3, -0.25) is 4.79 Å². The third kappa shape index (κ3) is 2.67. The molecule has 11 heavy (non-hydrogen) atoms. The molecule has 0 aromatic heterocycles. The zero-order valence-electron chi connectivity index (χ0n) is 6.00. The fourth-order valence-corrected chi connectivity index (χ4v) is 1.91. The second-order valence-electron chi connectivity index (χ2n) is 2.20. The number of carbonyl (C=O) groups is 1. The highest BCUT2D eigenvalue weighted by Gasteiger charge is 2.18. The van der Waals surface area contributed by atoms with Gasteiger partial charge >= 0.3 is 0 Å². The van der Waals surface area contributed by atoms with Crippen LogP contribution in [0.2, 0.25) is 0 Å². The minimum Gasteiger partial charge on any atom is -0.370 e. The van der Waals surface area contributed by atoms with Crippen LogP contribution in [-0.4, -0.2) is 35.5 Å². The Bertz CT molecular complexity index is 163. The van der Waals surface area contributed by atoms with Gasteiger partial charge in [-0.05, 0) is 0 Å². The Morgan fingerprint density at radius 2 is 2.64 bits per heavy atom. The molecule has 0 spiro atoms. The van der Waals surface area contributed by atoms with Crippen LogP contribution < -0.4 is 10.6 Å². The highest BCUT2D eigenvalue weighted by molar-refractivity contribution is 7.99. The lowest BCUT2D eigenvalue weighted by Crippen LogP contribution is -2.43. The van der Waals surface area contributed by atoms with E-state index in [1.807, 2.05) is 0 Å². The van der Waals surface area contributed by atoms with E-state index in [9.17, 15) is 4.79 Å². The lowest BCUT2D eigenvalue weighted by molar-refractivity contribution is -0.122. The molecule has 62 valence electrons. The van der Waals surface area contributed by atoms with Crippen LogP contribution in [0.3, 0.4) is 0 Å². The number of nitrogens with one attached hydrogen (secondary N) is 2. The highest BCUT2D eigenvalue weighted by atomic mass is 32.2. The lowest BCUT2D eigenvalue weighted by Gasteiger charge is -2.10. The molecule has 0 radical (unpaired) electrons. The highest BCUT2D eigenvalue weighted by Crippen LogP contribution is 2.05. The van der Waals surface area contributed by atoms with Gasteiger partial charge in [0.15, 0.2) is 0 Å². The summed E-state index contributed by atoms with van der Waals surface area (Å²) < 4.78 is 0. The molecule has 0 saturated carbocycles. The molecule has 2 N–H and O–H groups in total. The van der Waals surface area contributed by atoms with Gasteiger partial charge in [0.1, 0.15) is 6.04 Å². The summed E-state index contributed by atoms with van der Waals surface area (Å²) in [5.74, 6) is 1.84. The van der Waals surface area contributed by atoms with Gasteiger partial charge < -0.3 is 10.6 Å². The third-order valence-corrected chi connectivity index (χ3v) is 2.61. The van der Waals surface area contributed by atoms with E-state index in [-0.39, 0.29) is 11.9 Å². The van der Waals surface area contributed by atoms with E-state index in [1.165, 1.54) is 5.49 Å². The van der Waals surface area contributed by atoms with E-state index in [1.54, 1.807) is 11.8 Å². The Balaban J connectivity index is 2.45. The number of hydrogen-bond donors (Lipinski definition) is 2. The molecule has 1 aliphatic heterocycles. The van der Waals surface area contributed by atoms with Gasteiger partial charge in [0.25, 0.3) is 0 Å². The van der Waals surface area contributed by atoms with Crippen LogP contribution in [0.5, 0.6) is 0 Å². The minimum absolute atomic E-state index is 0.0519. The standard InChI is InChI=1S/C6H10N2OS2/c9-6-5(8-4-10)3-11-2-1-7-6/h4-5H,1-3H2,(H,7,9)(H,8,10)/t5-/m0/s1. The van der Waals surface area contributed by atoms with Gasteiger partial charge in [-0.1, -0.05) is 12.2 Å². The number of hydrogen-bond acceptors (Lipinski definition) is 3. The smallest absolute Gasteiger partial charge is 0.243 e. The average Bonchev–Trinajstić information content (AvgIpc) is 2.18. The number of amides is 1. The van der Waals surface area contributed by atoms with Crippen molar-refractivity contribution < 1.29 is 4.79 Å². The van der Waals surface area contributed by atoms with E-state index in [0.717, 1.165) is 18.1 Å². The summed E-state index contributed by atoms with van der Waals surface area (Å²) in [6.45, 7) is 0.763. The van der Waals surface area contributed by atoms with Crippen LogP contribution in [0.4, 0.5) is 0 Å². The number of rotatable bonds is 2. The largest absolute Gasteiger partial charge is 0.370 e. The summed E-state index contributed by atoms with van der Waals surface area (Å²) in [6.07, 6.45) is 0. The molecular weight excluding hydrogens is 180 g/mol. The Kier molecular flexibility index (Phi) is 3.65. The Morgan fingerprint density at radius 1 is 1.82 bits per heavy atom. The minimum atomic E-state index is -0.139. The molecule has 1 fully saturated rings. The summed E-state index contributed by atoms with van der Waals surface area (Å²) in [4.78, 5) is 11.2. The normalized spacial score (nSPS) is 25.1. The molecule has 0 aliphatic carbocycles. The van der Waals surface area contributed by atoms with Gasteiger partial charge in [-0.2, -0.15) is 11.8 Å². The maximum Gasteiger partial charge on any atom is 0.243 e. The molecule has 0 bridgehead atoms. The molecule has 0 unspecified atom stereocenters. The molecule has 1 aliphatic rings. The van der Waals surface area contributed by atoms with Crippen molar-refractivity contribution in [3.05, 3.63) is 0 Å². The molecule has 5 heteroatoms. The Labute approximate surface area is 75.3 Å². The summed E-state index contributed by atoms with van der Waals surface area (Å²) in [6, 6.07) is -0.139. The van der Waals surface area contributed by atoms with Crippen LogP contribution in [0.25, 0.3) is 0 Å². The van der Waals surface area contributed by atoms with E-state index < -0.39 is 0 Å². The second-order valence-corrected chi connectivity index (χ2v) is 3.59. The molecule has 3 nitrogen and oxygen atoms in total. The Morgan fingerprint density at radius 3 is 3.36 bits per heavy atom. The molecule has 0 aromatic carbocycles. The topological polar surface area (TPSA) is 41.1 Å². The van der Waals surface area contributed by atoms with Gasteiger partial charge in [0, 0.05) is 18.1 Å². The van der Waals surface area contributed by atoms with Crippen molar-refractivity contribution in [2.75, 3.05) is 18.1 Å². The van der Waals surface area contributed by atoms with Gasteiger partial charge in [0.2, 0.25) is 5.91 Å². The molecule has 1 saturated heterocycles. The van der Waals surface area contributed by atoms with Gasteiger partial charge in [-0.25, -0.2) is 0 Å². The first-order valence-electron chi connectivity index (χ1n) is 3.40. The first-order chi connectivity index (χ1) is 5.34. The first-order valence-corrected chi connectivity index (χ1v) is 5.02. The Hall–Kier alpha value is -0.290. The predicted molar refractivity (Wildman–Crippen MR) is 50.9 cm³/mol. The molecule has 1 rings (SSSR count). The van der Waals surface area contributed by atoms with Gasteiger partial charge in [0.05, 0.1) is 5.49 Å². The second kappa shape index (κ2) is 4.56. The number of carbonyl (C=O) groups excluding carboxylic acids is 1. The first kappa shape index (κ1) is 8.80. The summed E-state index contributed by atoms with van der Waals surface area (Å²) in [5.41, 5.74) is 1.40. The molecule has 1 amide bonds. The van der Waals surface area contributed by atoms with Crippen molar-refractivity contribution in [1.29, 1.82) is 0 Å². The van der Waals surface area contributed by atoms with Gasteiger partial charge in [-0.15, -0.1) is 0 Å². The predicted octanol–water partition coefficient (Wildman–Crippen LogP) is -0.235. The van der Waals surface area contributed by atoms with Crippen molar-refractivity contribution in [1.82, 2.24) is 10.6 Å². The zero-order chi connectivity index (χ0) is 8.10. The van der Waals surface area contributed by atoms with Crippen LogP contribution in [-0.2, 0) is 4.79 Å². The fraction of sp³-hybridized carbons (Fsp3) is 0.667. The molecule has 0 aromatic rings. The zero-order valence-corrected chi connectivity index (χ0v) is 7.63. The summed E-state index contributed by atoms with van der Waals surface area (Å²) >= 11 is 6.36. The number of thiocarbonyl (C=S) groups is 1. The van der Waals surface area contributed by atoms with Crippen molar-refractivity contribution in [3.63, 3.8) is 0 Å². The number of thioether (sulfide) groups is 1. The van der Waals surface area contributed by atoms with E-state index in [0.29, 0.717) is 0 Å². The average molecular weight is 190 g/mol. The fourth-order valence-electron chi connectivity index (χ4n) is 0.852. The van der Waals surface area contributed by atoms with Crippen LogP contribution in [0.1, 0.15) is 0 Å². The summed E-state index contributed by atoms with van der Waals surface area (Å²) in [5, 5.41) is 5.62. The SMILES string of the molecule is O=C1NCCSC[C@@H]1NC=S. The van der Waals surface area contributed by atoms with E-state index in [2.05, 4.69) is 22.9 Å². The third-order valence-electron chi connectivity index (χ3n) is 1.42. The van der Waals surface area contributed by atoms with Crippen LogP contribution >= 0.6 is 24.0 Å². The lowest BCUT2D eigenvalue weighted by atomic mass is 10.3. The van der Waals surface area contributed by atoms with Crippen LogP contribution in [0.15, 0.2) is 0 Å². The maximum absolute atomic E-state index is 11.2. The van der Waals surface area contributed by atoms with Crippen molar-refractivity contribution >= 4 is 35.4 Å². The quantitative estimate of drug-likeness (QED) is 0.590. The van der Waals surface area contributed by atoms with Crippen LogP contribution in [0, 0.1) is 0 Å². The van der Waals surface area contributed by atoms with Crippen molar-refractivity contribution in [3.8, 4) is 0 Å². The maximum atomic E-state index is 11.2. The molecule has 1 atom stereocenters.